The van der Waals surface area contributed by atoms with E-state index in [1.54, 1.807) is 50.6 Å². The lowest BCUT2D eigenvalue weighted by Gasteiger charge is -2.14. The number of hydrogen-bond donors (Lipinski definition) is 1. The number of carbonyl (C=O) groups excluding carboxylic acids is 1. The lowest BCUT2D eigenvalue weighted by atomic mass is 10.3. The van der Waals surface area contributed by atoms with Crippen molar-refractivity contribution < 1.29 is 14.3 Å². The van der Waals surface area contributed by atoms with Crippen LogP contribution in [0.5, 0.6) is 11.5 Å². The lowest BCUT2D eigenvalue weighted by Crippen LogP contribution is -2.35. The second kappa shape index (κ2) is 7.44. The minimum absolute atomic E-state index is 0.217. The summed E-state index contributed by atoms with van der Waals surface area (Å²) in [5, 5.41) is 3.45. The van der Waals surface area contributed by atoms with Crippen molar-refractivity contribution in [3.63, 3.8) is 0 Å². The van der Waals surface area contributed by atoms with E-state index in [0.717, 1.165) is 17.1 Å². The van der Waals surface area contributed by atoms with Crippen LogP contribution in [0.3, 0.4) is 0 Å². The SMILES string of the molecule is COc1ccc(OC(C)C(=O)NCc2cn3cc(Cl)ccc3n2)cc1. The van der Waals surface area contributed by atoms with Crippen LogP contribution in [0.4, 0.5) is 0 Å². The first-order valence-corrected chi connectivity index (χ1v) is 8.14. The maximum absolute atomic E-state index is 12.2. The molecule has 1 aromatic carbocycles. The first-order valence-electron chi connectivity index (χ1n) is 7.77. The van der Waals surface area contributed by atoms with Crippen LogP contribution in [-0.2, 0) is 11.3 Å². The van der Waals surface area contributed by atoms with Gasteiger partial charge in [-0.1, -0.05) is 11.6 Å². The Morgan fingerprint density at radius 3 is 2.64 bits per heavy atom. The van der Waals surface area contributed by atoms with Gasteiger partial charge in [-0.15, -0.1) is 0 Å². The molecule has 6 nitrogen and oxygen atoms in total. The molecule has 0 saturated carbocycles. The summed E-state index contributed by atoms with van der Waals surface area (Å²) in [6.45, 7) is 2.01. The van der Waals surface area contributed by atoms with Crippen LogP contribution in [0.15, 0.2) is 48.8 Å². The number of halogens is 1. The predicted molar refractivity (Wildman–Crippen MR) is 95.1 cm³/mol. The van der Waals surface area contributed by atoms with E-state index in [0.29, 0.717) is 17.3 Å². The summed E-state index contributed by atoms with van der Waals surface area (Å²) in [7, 11) is 1.60. The number of amides is 1. The van der Waals surface area contributed by atoms with Crippen LogP contribution in [0, 0.1) is 0 Å². The number of imidazole rings is 1. The number of carbonyl (C=O) groups is 1. The molecular formula is C18H18ClN3O3. The highest BCUT2D eigenvalue weighted by Gasteiger charge is 2.15. The summed E-state index contributed by atoms with van der Waals surface area (Å²) in [6, 6.07) is 10.7. The highest BCUT2D eigenvalue weighted by molar-refractivity contribution is 6.30. The van der Waals surface area contributed by atoms with Crippen LogP contribution >= 0.6 is 11.6 Å². The number of methoxy groups -OCH3 is 1. The van der Waals surface area contributed by atoms with E-state index in [1.165, 1.54) is 0 Å². The topological polar surface area (TPSA) is 64.9 Å². The van der Waals surface area contributed by atoms with Crippen LogP contribution in [0.1, 0.15) is 12.6 Å². The van der Waals surface area contributed by atoms with Crippen molar-refractivity contribution in [1.82, 2.24) is 14.7 Å². The van der Waals surface area contributed by atoms with Gasteiger partial charge in [0.25, 0.3) is 5.91 Å². The van der Waals surface area contributed by atoms with Crippen molar-refractivity contribution in [2.24, 2.45) is 0 Å². The molecule has 0 fully saturated rings. The van der Waals surface area contributed by atoms with E-state index >= 15 is 0 Å². The van der Waals surface area contributed by atoms with Crippen LogP contribution < -0.4 is 14.8 Å². The van der Waals surface area contributed by atoms with E-state index in [1.807, 2.05) is 16.7 Å². The molecule has 0 radical (unpaired) electrons. The molecule has 0 aliphatic carbocycles. The zero-order chi connectivity index (χ0) is 17.8. The molecule has 3 rings (SSSR count). The van der Waals surface area contributed by atoms with Crippen molar-refractivity contribution >= 4 is 23.2 Å². The number of pyridine rings is 1. The Bertz CT molecular complexity index is 877. The van der Waals surface area contributed by atoms with Crippen molar-refractivity contribution in [3.05, 3.63) is 59.5 Å². The molecule has 7 heteroatoms. The Balaban J connectivity index is 1.56. The number of rotatable bonds is 6. The van der Waals surface area contributed by atoms with Crippen molar-refractivity contribution in [2.75, 3.05) is 7.11 Å². The predicted octanol–water partition coefficient (Wildman–Crippen LogP) is 3.08. The average molecular weight is 360 g/mol. The zero-order valence-electron chi connectivity index (χ0n) is 13.9. The Hall–Kier alpha value is -2.73. The number of nitrogens with zero attached hydrogens (tertiary/aromatic N) is 2. The highest BCUT2D eigenvalue weighted by atomic mass is 35.5. The third-order valence-electron chi connectivity index (χ3n) is 3.65. The van der Waals surface area contributed by atoms with Gasteiger partial charge in [-0.2, -0.15) is 0 Å². The van der Waals surface area contributed by atoms with Gasteiger partial charge in [0.1, 0.15) is 17.1 Å². The Morgan fingerprint density at radius 1 is 1.20 bits per heavy atom. The van der Waals surface area contributed by atoms with Gasteiger partial charge >= 0.3 is 0 Å². The van der Waals surface area contributed by atoms with E-state index < -0.39 is 6.10 Å². The number of benzene rings is 1. The largest absolute Gasteiger partial charge is 0.497 e. The summed E-state index contributed by atoms with van der Waals surface area (Å²) in [4.78, 5) is 16.6. The molecule has 1 N–H and O–H groups in total. The number of nitrogens with one attached hydrogen (secondary N) is 1. The maximum Gasteiger partial charge on any atom is 0.261 e. The second-order valence-corrected chi connectivity index (χ2v) is 5.93. The fourth-order valence-corrected chi connectivity index (χ4v) is 2.50. The van der Waals surface area contributed by atoms with Gasteiger partial charge in [-0.05, 0) is 43.3 Å². The first-order chi connectivity index (χ1) is 12.0. The lowest BCUT2D eigenvalue weighted by molar-refractivity contribution is -0.127. The van der Waals surface area contributed by atoms with Gasteiger partial charge in [0, 0.05) is 12.4 Å². The van der Waals surface area contributed by atoms with Crippen LogP contribution in [-0.4, -0.2) is 28.5 Å². The minimum Gasteiger partial charge on any atom is -0.497 e. The van der Waals surface area contributed by atoms with Crippen LogP contribution in [0.25, 0.3) is 5.65 Å². The summed E-state index contributed by atoms with van der Waals surface area (Å²) >= 11 is 5.95. The molecule has 2 heterocycles. The standard InChI is InChI=1S/C18H18ClN3O3/c1-12(25-16-6-4-15(24-2)5-7-16)18(23)20-9-14-11-22-10-13(19)3-8-17(22)21-14/h3-8,10-12H,9H2,1-2H3,(H,20,23). The first kappa shape index (κ1) is 17.1. The Kier molecular flexibility index (Phi) is 5.09. The minimum atomic E-state index is -0.625. The molecule has 25 heavy (non-hydrogen) atoms. The molecule has 1 amide bonds. The normalized spacial score (nSPS) is 12.0. The maximum atomic E-state index is 12.2. The number of aromatic nitrogens is 2. The van der Waals surface area contributed by atoms with Crippen molar-refractivity contribution in [3.8, 4) is 11.5 Å². The summed E-state index contributed by atoms with van der Waals surface area (Å²) in [5.74, 6) is 1.12. The number of ether oxygens (including phenoxy) is 2. The molecule has 0 bridgehead atoms. The van der Waals surface area contributed by atoms with E-state index in [4.69, 9.17) is 21.1 Å². The molecule has 0 spiro atoms. The monoisotopic (exact) mass is 359 g/mol. The molecular weight excluding hydrogens is 342 g/mol. The van der Waals surface area contributed by atoms with E-state index in [9.17, 15) is 4.79 Å². The molecule has 0 aliphatic heterocycles. The van der Waals surface area contributed by atoms with Gasteiger partial charge in [0.15, 0.2) is 6.10 Å². The molecule has 0 aliphatic rings. The molecule has 130 valence electrons. The number of fused-ring (bicyclic) bond motifs is 1. The second-order valence-electron chi connectivity index (χ2n) is 5.50. The Labute approximate surface area is 150 Å². The van der Waals surface area contributed by atoms with E-state index in [2.05, 4.69) is 10.3 Å². The fourth-order valence-electron chi connectivity index (χ4n) is 2.34. The van der Waals surface area contributed by atoms with Crippen molar-refractivity contribution in [1.29, 1.82) is 0 Å². The average Bonchev–Trinajstić information content (AvgIpc) is 3.02. The van der Waals surface area contributed by atoms with Gasteiger partial charge in [-0.3, -0.25) is 4.79 Å². The third-order valence-corrected chi connectivity index (χ3v) is 3.87. The smallest absolute Gasteiger partial charge is 0.261 e. The van der Waals surface area contributed by atoms with Gasteiger partial charge < -0.3 is 19.2 Å². The van der Waals surface area contributed by atoms with Crippen molar-refractivity contribution in [2.45, 2.75) is 19.6 Å². The van der Waals surface area contributed by atoms with E-state index in [-0.39, 0.29) is 5.91 Å². The molecule has 1 unspecified atom stereocenters. The molecule has 2 aromatic heterocycles. The summed E-state index contributed by atoms with van der Waals surface area (Å²) in [5.41, 5.74) is 1.52. The third kappa shape index (κ3) is 4.22. The molecule has 0 saturated heterocycles. The van der Waals surface area contributed by atoms with Gasteiger partial charge in [0.2, 0.25) is 0 Å². The summed E-state index contributed by atoms with van der Waals surface area (Å²) in [6.07, 6.45) is 2.97. The van der Waals surface area contributed by atoms with Gasteiger partial charge in [0.05, 0.1) is 24.4 Å². The quantitative estimate of drug-likeness (QED) is 0.734. The fraction of sp³-hybridized carbons (Fsp3) is 0.222. The summed E-state index contributed by atoms with van der Waals surface area (Å²) < 4.78 is 12.5. The Morgan fingerprint density at radius 2 is 1.92 bits per heavy atom. The molecule has 3 aromatic rings. The highest BCUT2D eigenvalue weighted by Crippen LogP contribution is 2.18. The molecule has 1 atom stereocenters. The van der Waals surface area contributed by atoms with Gasteiger partial charge in [-0.25, -0.2) is 4.98 Å². The number of hydrogen-bond acceptors (Lipinski definition) is 4. The van der Waals surface area contributed by atoms with Crippen LogP contribution in [0.2, 0.25) is 5.02 Å². The zero-order valence-corrected chi connectivity index (χ0v) is 14.7.